The summed E-state index contributed by atoms with van der Waals surface area (Å²) < 4.78 is 47.0. The van der Waals surface area contributed by atoms with Crippen LogP contribution in [0.4, 0.5) is 0 Å². The van der Waals surface area contributed by atoms with Crippen molar-refractivity contribution < 1.29 is 61.5 Å². The van der Waals surface area contributed by atoms with Crippen LogP contribution in [0.3, 0.4) is 0 Å². The van der Waals surface area contributed by atoms with Crippen molar-refractivity contribution in [1.29, 1.82) is 0 Å². The molecule has 0 bridgehead atoms. The second-order valence-electron chi connectivity index (χ2n) is 5.59. The molecule has 0 saturated carbocycles. The van der Waals surface area contributed by atoms with E-state index < -0.39 is 20.6 Å². The molecule has 3 aromatic rings. The molecule has 0 spiro atoms. The molecule has 11 heteroatoms. The predicted molar refractivity (Wildman–Crippen MR) is 100 cm³/mol. The van der Waals surface area contributed by atoms with Crippen molar-refractivity contribution in [2.45, 2.75) is 4.90 Å². The number of nitrogens with zero attached hydrogens (tertiary/aromatic N) is 1. The molecule has 0 aliphatic heterocycles. The Morgan fingerprint density at radius 1 is 1.10 bits per heavy atom. The van der Waals surface area contributed by atoms with Crippen molar-refractivity contribution in [3.63, 3.8) is 0 Å². The predicted octanol–water partition coefficient (Wildman–Crippen LogP) is -0.488. The number of aliphatic hydroxyl groups excluding tert-OH is 1. The van der Waals surface area contributed by atoms with E-state index >= 15 is 0 Å². The number of aliphatic hydroxyl groups is 1. The number of rotatable bonds is 5. The summed E-state index contributed by atoms with van der Waals surface area (Å²) in [5.41, 5.74) is -0.724. The summed E-state index contributed by atoms with van der Waals surface area (Å²) in [4.78, 5) is 15.7. The molecule has 0 radical (unpaired) electrons. The molecule has 146 valence electrons. The smallest absolute Gasteiger partial charge is 0.507 e. The molecular formula is C18H15NNaO8S+. The van der Waals surface area contributed by atoms with E-state index in [2.05, 4.69) is 4.98 Å². The van der Waals surface area contributed by atoms with E-state index in [1.807, 2.05) is 0 Å². The Labute approximate surface area is 187 Å². The van der Waals surface area contributed by atoms with Gasteiger partial charge in [0.25, 0.3) is 10.1 Å². The third-order valence-electron chi connectivity index (χ3n) is 3.83. The summed E-state index contributed by atoms with van der Waals surface area (Å²) in [5, 5.41) is 10.3. The minimum atomic E-state index is -4.45. The van der Waals surface area contributed by atoms with E-state index in [-0.39, 0.29) is 52.1 Å². The van der Waals surface area contributed by atoms with Crippen molar-refractivity contribution in [1.82, 2.24) is 4.98 Å². The normalized spacial score (nSPS) is 11.8. The Hall–Kier alpha value is -2.37. The van der Waals surface area contributed by atoms with Crippen LogP contribution in [-0.4, -0.2) is 37.3 Å². The Morgan fingerprint density at radius 3 is 2.41 bits per heavy atom. The summed E-state index contributed by atoms with van der Waals surface area (Å²) >= 11 is 0. The third kappa shape index (κ3) is 4.98. The largest absolute Gasteiger partial charge is 1.00 e. The van der Waals surface area contributed by atoms with Crippen LogP contribution in [0.1, 0.15) is 11.3 Å². The van der Waals surface area contributed by atoms with Gasteiger partial charge in [-0.25, -0.2) is 9.78 Å². The first-order chi connectivity index (χ1) is 13.2. The number of hydrogen-bond donors (Lipinski definition) is 2. The third-order valence-corrected chi connectivity index (χ3v) is 4.68. The first kappa shape index (κ1) is 22.9. The van der Waals surface area contributed by atoms with Crippen molar-refractivity contribution >= 4 is 33.1 Å². The van der Waals surface area contributed by atoms with Crippen LogP contribution in [0.25, 0.3) is 22.9 Å². The molecule has 0 fully saturated rings. The molecule has 9 nitrogen and oxygen atoms in total. The van der Waals surface area contributed by atoms with Gasteiger partial charge in [-0.05, 0) is 36.4 Å². The second kappa shape index (κ2) is 8.97. The van der Waals surface area contributed by atoms with Crippen LogP contribution in [0.2, 0.25) is 0 Å². The number of hydrogen-bond acceptors (Lipinski definition) is 8. The van der Waals surface area contributed by atoms with Crippen LogP contribution >= 0.6 is 0 Å². The minimum Gasteiger partial charge on any atom is -0.507 e. The average Bonchev–Trinajstić information content (AvgIpc) is 2.66. The molecule has 1 heterocycles. The van der Waals surface area contributed by atoms with Crippen LogP contribution in [0, 0.1) is 0 Å². The average molecular weight is 428 g/mol. The number of methoxy groups -OCH3 is 2. The number of benzene rings is 2. The summed E-state index contributed by atoms with van der Waals surface area (Å²) in [6.45, 7) is 0. The SMILES string of the molecule is COc1ccc(/C(O)=C/c2nc3cc(S(=O)(=O)O)ccc3oc2=O)cc1OC.[Na+]. The van der Waals surface area contributed by atoms with Gasteiger partial charge >= 0.3 is 35.2 Å². The van der Waals surface area contributed by atoms with Gasteiger partial charge in [-0.1, -0.05) is 0 Å². The van der Waals surface area contributed by atoms with Crippen LogP contribution < -0.4 is 44.7 Å². The Morgan fingerprint density at radius 2 is 1.79 bits per heavy atom. The molecular weight excluding hydrogens is 413 g/mol. The van der Waals surface area contributed by atoms with Gasteiger partial charge in [0.15, 0.2) is 22.8 Å². The molecule has 0 amide bonds. The van der Waals surface area contributed by atoms with E-state index in [0.29, 0.717) is 17.1 Å². The quantitative estimate of drug-likeness (QED) is 0.313. The number of ether oxygens (including phenoxy) is 2. The fourth-order valence-corrected chi connectivity index (χ4v) is 2.96. The van der Waals surface area contributed by atoms with Gasteiger partial charge in [-0.2, -0.15) is 8.42 Å². The topological polar surface area (TPSA) is 136 Å². The molecule has 2 aromatic carbocycles. The fraction of sp³-hybridized carbons (Fsp3) is 0.111. The summed E-state index contributed by atoms with van der Waals surface area (Å²) in [7, 11) is -1.54. The van der Waals surface area contributed by atoms with Crippen LogP contribution in [0.5, 0.6) is 11.5 Å². The molecule has 0 atom stereocenters. The van der Waals surface area contributed by atoms with E-state index in [0.717, 1.165) is 18.2 Å². The maximum atomic E-state index is 12.1. The van der Waals surface area contributed by atoms with Crippen molar-refractivity contribution in [2.24, 2.45) is 0 Å². The fourth-order valence-electron chi connectivity index (χ4n) is 2.46. The second-order valence-corrected chi connectivity index (χ2v) is 7.01. The molecule has 0 aliphatic rings. The van der Waals surface area contributed by atoms with Crippen molar-refractivity contribution in [3.05, 3.63) is 58.1 Å². The maximum Gasteiger partial charge on any atom is 1.00 e. The van der Waals surface area contributed by atoms with E-state index in [1.165, 1.54) is 26.4 Å². The molecule has 29 heavy (non-hydrogen) atoms. The molecule has 1 aromatic heterocycles. The van der Waals surface area contributed by atoms with Gasteiger partial charge < -0.3 is 19.0 Å². The Balaban J connectivity index is 0.00000300. The van der Waals surface area contributed by atoms with Gasteiger partial charge in [-0.3, -0.25) is 4.55 Å². The molecule has 3 rings (SSSR count). The molecule has 0 saturated heterocycles. The van der Waals surface area contributed by atoms with Crippen molar-refractivity contribution in [3.8, 4) is 11.5 Å². The standard InChI is InChI=1S/C18H15NO8S.Na/c1-25-16-5-3-10(7-17(16)26-2)14(20)9-13-18(21)27-15-6-4-11(28(22,23)24)8-12(15)19-13;/h3-9,20H,1-2H3,(H,22,23,24);/q;+1/b14-9-;. The maximum absolute atomic E-state index is 12.1. The monoisotopic (exact) mass is 428 g/mol. The van der Waals surface area contributed by atoms with Crippen LogP contribution in [0.15, 0.2) is 50.5 Å². The zero-order valence-electron chi connectivity index (χ0n) is 15.7. The minimum absolute atomic E-state index is 0. The molecule has 0 aliphatic carbocycles. The first-order valence-corrected chi connectivity index (χ1v) is 9.22. The number of fused-ring (bicyclic) bond motifs is 1. The van der Waals surface area contributed by atoms with Gasteiger partial charge in [0, 0.05) is 11.6 Å². The van der Waals surface area contributed by atoms with Crippen molar-refractivity contribution in [2.75, 3.05) is 14.2 Å². The van der Waals surface area contributed by atoms with E-state index in [1.54, 1.807) is 12.1 Å². The summed E-state index contributed by atoms with van der Waals surface area (Å²) in [6.07, 6.45) is 1.08. The van der Waals surface area contributed by atoms with Gasteiger partial charge in [0.2, 0.25) is 0 Å². The summed E-state index contributed by atoms with van der Waals surface area (Å²) in [5.74, 6) is 0.530. The van der Waals surface area contributed by atoms with Gasteiger partial charge in [0.05, 0.1) is 19.1 Å². The molecule has 0 unspecified atom stereocenters. The zero-order chi connectivity index (χ0) is 20.5. The molecule has 2 N–H and O–H groups in total. The Bertz CT molecular complexity index is 1250. The Kier molecular flexibility index (Phi) is 7.09. The van der Waals surface area contributed by atoms with E-state index in [4.69, 9.17) is 18.4 Å². The first-order valence-electron chi connectivity index (χ1n) is 7.78. The van der Waals surface area contributed by atoms with Crippen LogP contribution in [-0.2, 0) is 10.1 Å². The number of aromatic nitrogens is 1. The summed E-state index contributed by atoms with van der Waals surface area (Å²) in [6, 6.07) is 7.97. The van der Waals surface area contributed by atoms with Gasteiger partial charge in [-0.15, -0.1) is 0 Å². The zero-order valence-corrected chi connectivity index (χ0v) is 18.6. The van der Waals surface area contributed by atoms with E-state index in [9.17, 15) is 18.3 Å². The van der Waals surface area contributed by atoms with Gasteiger partial charge in [0.1, 0.15) is 11.3 Å².